The molecule has 4 heteroatoms. The number of rotatable bonds is 6. The first kappa shape index (κ1) is 19.6. The monoisotopic (exact) mass is 349 g/mol. The topological polar surface area (TPSA) is 44.2 Å². The van der Waals surface area contributed by atoms with Gasteiger partial charge < -0.3 is 10.9 Å². The van der Waals surface area contributed by atoms with E-state index in [1.165, 1.54) is 10.5 Å². The Morgan fingerprint density at radius 1 is 1.17 bits per heavy atom. The van der Waals surface area contributed by atoms with Crippen LogP contribution in [0.2, 0.25) is 5.02 Å². The molecule has 2 rings (SSSR count). The van der Waals surface area contributed by atoms with Crippen LogP contribution in [-0.2, 0) is 6.42 Å². The van der Waals surface area contributed by atoms with Crippen LogP contribution in [0.5, 0.6) is 5.75 Å². The summed E-state index contributed by atoms with van der Waals surface area (Å²) in [5.74, 6) is 0.960. The van der Waals surface area contributed by atoms with Crippen LogP contribution in [0.4, 0.5) is 0 Å². The molecule has 0 heterocycles. The summed E-state index contributed by atoms with van der Waals surface area (Å²) in [6.07, 6.45) is 8.39. The fourth-order valence-corrected chi connectivity index (χ4v) is 3.31. The maximum Gasteiger partial charge on any atom is 0.122 e. The molecule has 2 aromatic rings. The van der Waals surface area contributed by atoms with Crippen LogP contribution in [0, 0.1) is 0 Å². The van der Waals surface area contributed by atoms with Gasteiger partial charge in [-0.15, -0.1) is 11.8 Å². The number of hydrogen-bond donors (Lipinski definition) is 1. The minimum absolute atomic E-state index is 0. The van der Waals surface area contributed by atoms with Gasteiger partial charge in [-0.1, -0.05) is 49.2 Å². The average Bonchev–Trinajstić information content (AvgIpc) is 2.54. The van der Waals surface area contributed by atoms with Gasteiger partial charge in [-0.2, -0.15) is 0 Å². The summed E-state index contributed by atoms with van der Waals surface area (Å²) >= 11 is 8.02. The van der Waals surface area contributed by atoms with Gasteiger partial charge in [-0.25, -0.2) is 0 Å². The van der Waals surface area contributed by atoms with Gasteiger partial charge in [0.05, 0.1) is 7.11 Å². The molecule has 0 saturated carbocycles. The van der Waals surface area contributed by atoms with E-state index in [2.05, 4.69) is 43.5 Å². The molecule has 3 N–H and O–H groups in total. The van der Waals surface area contributed by atoms with Gasteiger partial charge in [0.25, 0.3) is 0 Å². The van der Waals surface area contributed by atoms with Crippen LogP contribution >= 0.6 is 23.4 Å². The third kappa shape index (κ3) is 5.03. The van der Waals surface area contributed by atoms with Crippen LogP contribution in [0.3, 0.4) is 0 Å². The minimum Gasteiger partial charge on any atom is -0.496 e. The van der Waals surface area contributed by atoms with Gasteiger partial charge in [-0.05, 0) is 48.1 Å². The molecule has 0 atom stereocenters. The second kappa shape index (κ2) is 9.66. The molecule has 0 aliphatic heterocycles. The first-order valence-corrected chi connectivity index (χ1v) is 8.97. The second-order valence-electron chi connectivity index (χ2n) is 5.01. The zero-order valence-corrected chi connectivity index (χ0v) is 15.5. The van der Waals surface area contributed by atoms with E-state index in [0.29, 0.717) is 0 Å². The summed E-state index contributed by atoms with van der Waals surface area (Å²) < 4.78 is 5.42. The van der Waals surface area contributed by atoms with Crippen LogP contribution < -0.4 is 10.9 Å². The lowest BCUT2D eigenvalue weighted by Crippen LogP contribution is -1.92. The summed E-state index contributed by atoms with van der Waals surface area (Å²) in [7, 11) is 1.72. The van der Waals surface area contributed by atoms with Crippen LogP contribution in [0.1, 0.15) is 30.0 Å². The highest BCUT2D eigenvalue weighted by atomic mass is 35.5. The van der Waals surface area contributed by atoms with Crippen molar-refractivity contribution < 1.29 is 4.74 Å². The fourth-order valence-electron chi connectivity index (χ4n) is 2.40. The van der Waals surface area contributed by atoms with E-state index in [1.807, 2.05) is 18.2 Å². The SMILES string of the molecule is CCCc1cc(C=Cc2c(Cl)cccc2SC)ccc1OC.N. The van der Waals surface area contributed by atoms with Gasteiger partial charge in [0, 0.05) is 15.5 Å². The van der Waals surface area contributed by atoms with E-state index >= 15 is 0 Å². The zero-order chi connectivity index (χ0) is 15.9. The molecular formula is C19H24ClNOS. The molecule has 0 aromatic heterocycles. The van der Waals surface area contributed by atoms with Crippen LogP contribution in [0.15, 0.2) is 41.3 Å². The quantitative estimate of drug-likeness (QED) is 0.487. The third-order valence-corrected chi connectivity index (χ3v) is 4.62. The molecular weight excluding hydrogens is 326 g/mol. The highest BCUT2D eigenvalue weighted by molar-refractivity contribution is 7.98. The molecule has 2 nitrogen and oxygen atoms in total. The summed E-state index contributed by atoms with van der Waals surface area (Å²) in [6, 6.07) is 12.3. The van der Waals surface area contributed by atoms with Crippen molar-refractivity contribution in [2.75, 3.05) is 13.4 Å². The summed E-state index contributed by atoms with van der Waals surface area (Å²) in [6.45, 7) is 2.18. The van der Waals surface area contributed by atoms with Gasteiger partial charge >= 0.3 is 0 Å². The van der Waals surface area contributed by atoms with Crippen LogP contribution in [-0.4, -0.2) is 13.4 Å². The molecule has 0 bridgehead atoms. The van der Waals surface area contributed by atoms with Crippen molar-refractivity contribution >= 4 is 35.5 Å². The summed E-state index contributed by atoms with van der Waals surface area (Å²) in [4.78, 5) is 1.19. The fraction of sp³-hybridized carbons (Fsp3) is 0.263. The lowest BCUT2D eigenvalue weighted by molar-refractivity contribution is 0.409. The molecule has 23 heavy (non-hydrogen) atoms. The number of methoxy groups -OCH3 is 1. The normalized spacial score (nSPS) is 10.6. The summed E-state index contributed by atoms with van der Waals surface area (Å²) in [5.41, 5.74) is 3.48. The highest BCUT2D eigenvalue weighted by Gasteiger charge is 2.04. The van der Waals surface area contributed by atoms with E-state index in [1.54, 1.807) is 18.9 Å². The Morgan fingerprint density at radius 2 is 1.96 bits per heavy atom. The summed E-state index contributed by atoms with van der Waals surface area (Å²) in [5, 5.41) is 0.783. The number of hydrogen-bond acceptors (Lipinski definition) is 3. The van der Waals surface area contributed by atoms with Gasteiger partial charge in [0.2, 0.25) is 0 Å². The molecule has 2 aromatic carbocycles. The second-order valence-corrected chi connectivity index (χ2v) is 6.27. The molecule has 0 aliphatic rings. The van der Waals surface area contributed by atoms with E-state index in [-0.39, 0.29) is 6.15 Å². The Labute approximate surface area is 148 Å². The van der Waals surface area contributed by atoms with E-state index < -0.39 is 0 Å². The van der Waals surface area contributed by atoms with Crippen molar-refractivity contribution in [3.05, 3.63) is 58.1 Å². The average molecular weight is 350 g/mol. The maximum absolute atomic E-state index is 6.32. The number of benzene rings is 2. The lowest BCUT2D eigenvalue weighted by Gasteiger charge is -2.09. The molecule has 0 unspecified atom stereocenters. The molecule has 0 spiro atoms. The van der Waals surface area contributed by atoms with Crippen molar-refractivity contribution in [2.45, 2.75) is 24.7 Å². The van der Waals surface area contributed by atoms with Crippen molar-refractivity contribution in [3.63, 3.8) is 0 Å². The van der Waals surface area contributed by atoms with Crippen molar-refractivity contribution in [2.24, 2.45) is 0 Å². The molecule has 124 valence electrons. The Morgan fingerprint density at radius 3 is 2.61 bits per heavy atom. The maximum atomic E-state index is 6.32. The molecule has 0 aliphatic carbocycles. The van der Waals surface area contributed by atoms with Crippen molar-refractivity contribution in [3.8, 4) is 5.75 Å². The highest BCUT2D eigenvalue weighted by Crippen LogP contribution is 2.29. The smallest absolute Gasteiger partial charge is 0.122 e. The van der Waals surface area contributed by atoms with Crippen molar-refractivity contribution in [1.82, 2.24) is 6.15 Å². The molecule has 0 saturated heterocycles. The Hall–Kier alpha value is -1.42. The minimum atomic E-state index is 0. The Kier molecular flexibility index (Phi) is 8.24. The first-order chi connectivity index (χ1) is 10.7. The van der Waals surface area contributed by atoms with E-state index in [0.717, 1.165) is 34.7 Å². The number of halogens is 1. The standard InChI is InChI=1S/C19H21ClOS.H3N/c1-4-6-15-13-14(10-12-18(15)21-2)9-11-16-17(20)7-5-8-19(16)22-3;/h5,7-13H,4,6H2,1-3H3;1H3. The van der Waals surface area contributed by atoms with Gasteiger partial charge in [-0.3, -0.25) is 0 Å². The Balaban J connectivity index is 0.00000264. The molecule has 0 amide bonds. The van der Waals surface area contributed by atoms with Gasteiger partial charge in [0.15, 0.2) is 0 Å². The lowest BCUT2D eigenvalue weighted by atomic mass is 10.0. The number of ether oxygens (including phenoxy) is 1. The molecule has 0 radical (unpaired) electrons. The molecule has 0 fully saturated rings. The number of aryl methyl sites for hydroxylation is 1. The van der Waals surface area contributed by atoms with Crippen molar-refractivity contribution in [1.29, 1.82) is 0 Å². The Bertz CT molecular complexity index is 670. The van der Waals surface area contributed by atoms with Gasteiger partial charge in [0.1, 0.15) is 5.75 Å². The third-order valence-electron chi connectivity index (χ3n) is 3.50. The first-order valence-electron chi connectivity index (χ1n) is 7.37. The predicted molar refractivity (Wildman–Crippen MR) is 104 cm³/mol. The van der Waals surface area contributed by atoms with E-state index in [4.69, 9.17) is 16.3 Å². The number of thioether (sulfide) groups is 1. The van der Waals surface area contributed by atoms with Crippen LogP contribution in [0.25, 0.3) is 12.2 Å². The van der Waals surface area contributed by atoms with E-state index in [9.17, 15) is 0 Å². The predicted octanol–water partition coefficient (Wildman–Crippen LogP) is 6.36. The largest absolute Gasteiger partial charge is 0.496 e. The zero-order valence-electron chi connectivity index (χ0n) is 13.9.